The van der Waals surface area contributed by atoms with Gasteiger partial charge < -0.3 is 14.6 Å². The fraction of sp³-hybridized carbons (Fsp3) is 0.389. The first kappa shape index (κ1) is 21.5. The summed E-state index contributed by atoms with van der Waals surface area (Å²) in [6, 6.07) is 3.26. The van der Waals surface area contributed by atoms with Gasteiger partial charge in [0.2, 0.25) is 0 Å². The fourth-order valence-electron chi connectivity index (χ4n) is 2.20. The maximum atomic E-state index is 12.5. The molecular weight excluding hydrogens is 485 g/mol. The number of benzene rings is 1. The van der Waals surface area contributed by atoms with Crippen LogP contribution in [0.4, 0.5) is 4.79 Å². The molecule has 2 amide bonds. The Hall–Kier alpha value is -1.75. The quantitative estimate of drug-likeness (QED) is 0.343. The smallest absolute Gasteiger partial charge is 0.326 e. The lowest BCUT2D eigenvalue weighted by molar-refractivity contribution is -0.150. The number of aromatic hydroxyl groups is 1. The number of rotatable bonds is 7. The van der Waals surface area contributed by atoms with E-state index in [0.29, 0.717) is 27.9 Å². The SMILES string of the molecule is CCOc1cc(/C=C2/SC(=O)N(CC(=O)O[C@@H](C)CC)C2=O)cc(I)c1O. The third kappa shape index (κ3) is 5.38. The number of phenolic OH excluding ortho intramolecular Hbond substituents is 1. The van der Waals surface area contributed by atoms with Crippen molar-refractivity contribution < 1.29 is 29.0 Å². The standard InChI is InChI=1S/C18H20INO6S/c1-4-10(3)26-15(21)9-20-17(23)14(27-18(20)24)8-11-6-12(19)16(22)13(7-11)25-5-2/h6-8,10,22H,4-5,9H2,1-3H3/b14-8+/t10-/m0/s1. The molecule has 0 saturated carbocycles. The van der Waals surface area contributed by atoms with E-state index < -0.39 is 23.7 Å². The maximum Gasteiger partial charge on any atom is 0.326 e. The van der Waals surface area contributed by atoms with E-state index in [4.69, 9.17) is 9.47 Å². The number of nitrogens with zero attached hydrogens (tertiary/aromatic N) is 1. The number of ether oxygens (including phenoxy) is 2. The zero-order valence-electron chi connectivity index (χ0n) is 15.2. The lowest BCUT2D eigenvalue weighted by atomic mass is 10.2. The molecule has 0 aromatic heterocycles. The molecule has 1 N–H and O–H groups in total. The van der Waals surface area contributed by atoms with Crippen LogP contribution >= 0.6 is 34.4 Å². The number of phenols is 1. The van der Waals surface area contributed by atoms with E-state index in [2.05, 4.69) is 0 Å². The summed E-state index contributed by atoms with van der Waals surface area (Å²) < 4.78 is 11.1. The number of hydrogen-bond donors (Lipinski definition) is 1. The van der Waals surface area contributed by atoms with E-state index in [1.54, 1.807) is 26.0 Å². The van der Waals surface area contributed by atoms with Gasteiger partial charge in [0.05, 0.1) is 21.2 Å². The summed E-state index contributed by atoms with van der Waals surface area (Å²) in [5.74, 6) is -0.847. The van der Waals surface area contributed by atoms with Crippen molar-refractivity contribution in [3.8, 4) is 11.5 Å². The highest BCUT2D eigenvalue weighted by molar-refractivity contribution is 14.1. The molecule has 2 rings (SSSR count). The van der Waals surface area contributed by atoms with Crippen LogP contribution in [0, 0.1) is 3.57 Å². The summed E-state index contributed by atoms with van der Waals surface area (Å²) in [4.78, 5) is 37.6. The zero-order valence-corrected chi connectivity index (χ0v) is 18.1. The predicted octanol–water partition coefficient (Wildman–Crippen LogP) is 3.77. The maximum absolute atomic E-state index is 12.5. The molecule has 1 aliphatic heterocycles. The first-order chi connectivity index (χ1) is 12.8. The van der Waals surface area contributed by atoms with E-state index in [1.165, 1.54) is 6.08 Å². The molecule has 27 heavy (non-hydrogen) atoms. The highest BCUT2D eigenvalue weighted by atomic mass is 127. The zero-order chi connectivity index (χ0) is 20.1. The van der Waals surface area contributed by atoms with Gasteiger partial charge in [0, 0.05) is 0 Å². The van der Waals surface area contributed by atoms with Crippen molar-refractivity contribution in [2.45, 2.75) is 33.3 Å². The lowest BCUT2D eigenvalue weighted by Crippen LogP contribution is -2.35. The molecule has 7 nitrogen and oxygen atoms in total. The normalized spacial score (nSPS) is 16.7. The van der Waals surface area contributed by atoms with Gasteiger partial charge in [0.1, 0.15) is 6.54 Å². The van der Waals surface area contributed by atoms with Crippen LogP contribution in [0.25, 0.3) is 6.08 Å². The molecule has 0 unspecified atom stereocenters. The van der Waals surface area contributed by atoms with Crippen molar-refractivity contribution in [1.29, 1.82) is 0 Å². The number of esters is 1. The van der Waals surface area contributed by atoms with Crippen LogP contribution in [0.5, 0.6) is 11.5 Å². The Balaban J connectivity index is 2.20. The molecule has 0 aliphatic carbocycles. The molecular formula is C18H20INO6S. The largest absolute Gasteiger partial charge is 0.504 e. The van der Waals surface area contributed by atoms with E-state index in [-0.39, 0.29) is 16.8 Å². The van der Waals surface area contributed by atoms with Gasteiger partial charge in [0.25, 0.3) is 11.1 Å². The molecule has 1 atom stereocenters. The molecule has 1 aromatic carbocycles. The second kappa shape index (κ2) is 9.45. The highest BCUT2D eigenvalue weighted by Gasteiger charge is 2.37. The number of imide groups is 1. The summed E-state index contributed by atoms with van der Waals surface area (Å²) in [7, 11) is 0. The van der Waals surface area contributed by atoms with Crippen molar-refractivity contribution >= 4 is 57.5 Å². The molecule has 9 heteroatoms. The molecule has 1 fully saturated rings. The predicted molar refractivity (Wildman–Crippen MR) is 111 cm³/mol. The van der Waals surface area contributed by atoms with Crippen LogP contribution < -0.4 is 4.74 Å². The Bertz CT molecular complexity index is 794. The minimum absolute atomic E-state index is 0.0236. The number of amides is 2. The van der Waals surface area contributed by atoms with Crippen molar-refractivity contribution in [2.24, 2.45) is 0 Å². The van der Waals surface area contributed by atoms with Crippen LogP contribution in [-0.4, -0.2) is 46.4 Å². The molecule has 0 radical (unpaired) electrons. The van der Waals surface area contributed by atoms with Gasteiger partial charge in [-0.2, -0.15) is 0 Å². The van der Waals surface area contributed by atoms with Crippen molar-refractivity contribution in [2.75, 3.05) is 13.2 Å². The molecule has 1 aromatic rings. The molecule has 146 valence electrons. The number of halogens is 1. The summed E-state index contributed by atoms with van der Waals surface area (Å²) >= 11 is 2.71. The highest BCUT2D eigenvalue weighted by Crippen LogP contribution is 2.36. The molecule has 0 spiro atoms. The Morgan fingerprint density at radius 2 is 2.07 bits per heavy atom. The second-order valence-electron chi connectivity index (χ2n) is 5.76. The van der Waals surface area contributed by atoms with Gasteiger partial charge in [-0.05, 0) is 78.4 Å². The summed E-state index contributed by atoms with van der Waals surface area (Å²) in [5, 5.41) is 9.48. The van der Waals surface area contributed by atoms with E-state index in [9.17, 15) is 19.5 Å². The number of thioether (sulfide) groups is 1. The lowest BCUT2D eigenvalue weighted by Gasteiger charge is -2.14. The van der Waals surface area contributed by atoms with E-state index in [1.807, 2.05) is 29.5 Å². The van der Waals surface area contributed by atoms with Gasteiger partial charge >= 0.3 is 5.97 Å². The van der Waals surface area contributed by atoms with Gasteiger partial charge in [-0.3, -0.25) is 19.3 Å². The monoisotopic (exact) mass is 505 g/mol. The van der Waals surface area contributed by atoms with Gasteiger partial charge in [-0.15, -0.1) is 0 Å². The van der Waals surface area contributed by atoms with Gasteiger partial charge in [-0.1, -0.05) is 6.92 Å². The van der Waals surface area contributed by atoms with E-state index in [0.717, 1.165) is 16.7 Å². The molecule has 1 aliphatic rings. The van der Waals surface area contributed by atoms with Gasteiger partial charge in [-0.25, -0.2) is 0 Å². The fourth-order valence-corrected chi connectivity index (χ4v) is 3.67. The molecule has 1 saturated heterocycles. The van der Waals surface area contributed by atoms with Crippen molar-refractivity contribution in [3.63, 3.8) is 0 Å². The number of hydrogen-bond acceptors (Lipinski definition) is 7. The Morgan fingerprint density at radius 1 is 1.37 bits per heavy atom. The topological polar surface area (TPSA) is 93.1 Å². The molecule has 1 heterocycles. The first-order valence-corrected chi connectivity index (χ1v) is 10.3. The average molecular weight is 505 g/mol. The Morgan fingerprint density at radius 3 is 2.70 bits per heavy atom. The first-order valence-electron chi connectivity index (χ1n) is 8.36. The summed E-state index contributed by atoms with van der Waals surface area (Å²) in [6.45, 7) is 5.37. The average Bonchev–Trinajstić information content (AvgIpc) is 2.86. The minimum atomic E-state index is -0.620. The van der Waals surface area contributed by atoms with Crippen molar-refractivity contribution in [1.82, 2.24) is 4.90 Å². The third-order valence-corrected chi connectivity index (χ3v) is 5.45. The van der Waals surface area contributed by atoms with Crippen LogP contribution in [-0.2, 0) is 14.3 Å². The second-order valence-corrected chi connectivity index (χ2v) is 7.91. The summed E-state index contributed by atoms with van der Waals surface area (Å²) in [6.07, 6.45) is 1.91. The number of carbonyl (C=O) groups is 3. The van der Waals surface area contributed by atoms with Gasteiger partial charge in [0.15, 0.2) is 11.5 Å². The third-order valence-electron chi connectivity index (χ3n) is 3.72. The Kier molecular flexibility index (Phi) is 7.54. The van der Waals surface area contributed by atoms with Crippen molar-refractivity contribution in [3.05, 3.63) is 26.2 Å². The summed E-state index contributed by atoms with van der Waals surface area (Å²) in [5.41, 5.74) is 0.605. The Labute approximate surface area is 175 Å². The number of carbonyl (C=O) groups excluding carboxylic acids is 3. The van der Waals surface area contributed by atoms with E-state index >= 15 is 0 Å². The van der Waals surface area contributed by atoms with Crippen LogP contribution in [0.15, 0.2) is 17.0 Å². The molecule has 0 bridgehead atoms. The minimum Gasteiger partial charge on any atom is -0.504 e. The van der Waals surface area contributed by atoms with Crippen LogP contribution in [0.3, 0.4) is 0 Å². The van der Waals surface area contributed by atoms with Crippen LogP contribution in [0.2, 0.25) is 0 Å². The van der Waals surface area contributed by atoms with Crippen LogP contribution in [0.1, 0.15) is 32.8 Å².